The monoisotopic (exact) mass is 441 g/mol. The molecular weight excluding hydrogens is 413 g/mol. The summed E-state index contributed by atoms with van der Waals surface area (Å²) in [5.74, 6) is 1.33. The van der Waals surface area contributed by atoms with Crippen LogP contribution in [0.1, 0.15) is 37.4 Å². The largest absolute Gasteiger partial charge is 0.357 e. The third-order valence-electron chi connectivity index (χ3n) is 3.95. The van der Waals surface area contributed by atoms with Crippen LogP contribution in [0.3, 0.4) is 0 Å². The molecule has 2 N–H and O–H groups in total. The Hall–Kier alpha value is -1.57. The van der Waals surface area contributed by atoms with Crippen LogP contribution in [-0.2, 0) is 13.6 Å². The maximum atomic E-state index is 4.65. The molecule has 0 aliphatic heterocycles. The van der Waals surface area contributed by atoms with Crippen molar-refractivity contribution in [2.24, 2.45) is 12.0 Å². The molecule has 0 radical (unpaired) electrons. The summed E-state index contributed by atoms with van der Waals surface area (Å²) in [5.41, 5.74) is 2.46. The second kappa shape index (κ2) is 11.1. The van der Waals surface area contributed by atoms with Crippen molar-refractivity contribution in [3.63, 3.8) is 0 Å². The van der Waals surface area contributed by atoms with Gasteiger partial charge in [0.1, 0.15) is 0 Å². The van der Waals surface area contributed by atoms with Crippen molar-refractivity contribution in [3.8, 4) is 0 Å². The number of hydrogen-bond donors (Lipinski definition) is 2. The van der Waals surface area contributed by atoms with Crippen molar-refractivity contribution >= 4 is 29.9 Å². The van der Waals surface area contributed by atoms with Gasteiger partial charge in [-0.05, 0) is 25.0 Å². The third kappa shape index (κ3) is 6.14. The Balaban J connectivity index is 0.00000288. The molecule has 1 atom stereocenters. The lowest BCUT2D eigenvalue weighted by Crippen LogP contribution is -2.39. The van der Waals surface area contributed by atoms with Gasteiger partial charge in [-0.25, -0.2) is 4.99 Å². The zero-order chi connectivity index (χ0) is 16.5. The van der Waals surface area contributed by atoms with Crippen molar-refractivity contribution in [1.82, 2.24) is 20.4 Å². The highest BCUT2D eigenvalue weighted by Gasteiger charge is 2.09. The first-order chi connectivity index (χ1) is 11.2. The molecule has 0 aliphatic carbocycles. The van der Waals surface area contributed by atoms with E-state index in [9.17, 15) is 0 Å². The van der Waals surface area contributed by atoms with Gasteiger partial charge in [-0.15, -0.1) is 24.0 Å². The highest BCUT2D eigenvalue weighted by molar-refractivity contribution is 14.0. The van der Waals surface area contributed by atoms with Crippen LogP contribution in [0.15, 0.2) is 47.6 Å². The molecular formula is C18H28IN5. The number of benzene rings is 1. The number of halogens is 1. The summed E-state index contributed by atoms with van der Waals surface area (Å²) in [6, 6.07) is 12.6. The molecule has 0 bridgehead atoms. The standard InChI is InChI=1S/C18H27N5.HI/c1-4-15(16-9-7-6-8-10-16)13-20-18(19-5-2)21-14-17-11-12-22-23(17)3;/h6-12,15H,4-5,13-14H2,1-3H3,(H2,19,20,21);1H. The summed E-state index contributed by atoms with van der Waals surface area (Å²) in [6.07, 6.45) is 2.89. The van der Waals surface area contributed by atoms with Crippen molar-refractivity contribution in [2.45, 2.75) is 32.7 Å². The first-order valence-corrected chi connectivity index (χ1v) is 8.28. The van der Waals surface area contributed by atoms with Crippen LogP contribution >= 0.6 is 24.0 Å². The zero-order valence-electron chi connectivity index (χ0n) is 14.7. The fourth-order valence-corrected chi connectivity index (χ4v) is 2.50. The fraction of sp³-hybridized carbons (Fsp3) is 0.444. The average Bonchev–Trinajstić information content (AvgIpc) is 2.99. The molecule has 0 amide bonds. The van der Waals surface area contributed by atoms with Crippen LogP contribution in [0.25, 0.3) is 0 Å². The Morgan fingerprint density at radius 1 is 1.17 bits per heavy atom. The summed E-state index contributed by atoms with van der Waals surface area (Å²) >= 11 is 0. The molecule has 2 aromatic rings. The van der Waals surface area contributed by atoms with Gasteiger partial charge in [0.15, 0.2) is 5.96 Å². The molecule has 1 aromatic carbocycles. The SMILES string of the molecule is CCNC(=NCc1ccnn1C)NCC(CC)c1ccccc1.I. The van der Waals surface area contributed by atoms with Gasteiger partial charge in [0.05, 0.1) is 12.2 Å². The minimum atomic E-state index is 0. The first-order valence-electron chi connectivity index (χ1n) is 8.28. The maximum absolute atomic E-state index is 4.65. The Morgan fingerprint density at radius 3 is 2.50 bits per heavy atom. The van der Waals surface area contributed by atoms with Gasteiger partial charge < -0.3 is 10.6 Å². The number of nitrogens with zero attached hydrogens (tertiary/aromatic N) is 3. The molecule has 1 unspecified atom stereocenters. The number of nitrogens with one attached hydrogen (secondary N) is 2. The van der Waals surface area contributed by atoms with Crippen molar-refractivity contribution in [3.05, 3.63) is 53.9 Å². The summed E-state index contributed by atoms with van der Waals surface area (Å²) in [7, 11) is 1.94. The van der Waals surface area contributed by atoms with Gasteiger partial charge in [-0.1, -0.05) is 37.3 Å². The third-order valence-corrected chi connectivity index (χ3v) is 3.95. The number of aliphatic imine (C=N–C) groups is 1. The van der Waals surface area contributed by atoms with E-state index in [0.29, 0.717) is 12.5 Å². The number of aromatic nitrogens is 2. The molecule has 24 heavy (non-hydrogen) atoms. The molecule has 0 saturated carbocycles. The van der Waals surface area contributed by atoms with Crippen molar-refractivity contribution < 1.29 is 0 Å². The van der Waals surface area contributed by atoms with Crippen LogP contribution in [0, 0.1) is 0 Å². The molecule has 0 saturated heterocycles. The van der Waals surface area contributed by atoms with Gasteiger partial charge in [0, 0.05) is 32.3 Å². The molecule has 6 heteroatoms. The van der Waals surface area contributed by atoms with E-state index in [2.05, 4.69) is 64.9 Å². The minimum absolute atomic E-state index is 0. The molecule has 5 nitrogen and oxygen atoms in total. The Labute approximate surface area is 162 Å². The molecule has 0 fully saturated rings. The average molecular weight is 441 g/mol. The molecule has 132 valence electrons. The quantitative estimate of drug-likeness (QED) is 0.394. The lowest BCUT2D eigenvalue weighted by Gasteiger charge is -2.18. The molecule has 1 aromatic heterocycles. The van der Waals surface area contributed by atoms with Gasteiger partial charge in [-0.2, -0.15) is 5.10 Å². The Kier molecular flexibility index (Phi) is 9.44. The lowest BCUT2D eigenvalue weighted by atomic mass is 9.97. The van der Waals surface area contributed by atoms with E-state index in [1.54, 1.807) is 6.20 Å². The Morgan fingerprint density at radius 2 is 1.92 bits per heavy atom. The first kappa shape index (κ1) is 20.5. The van der Waals surface area contributed by atoms with Crippen LogP contribution in [0.4, 0.5) is 0 Å². The van der Waals surface area contributed by atoms with Gasteiger partial charge in [0.2, 0.25) is 0 Å². The van der Waals surface area contributed by atoms with E-state index in [0.717, 1.165) is 31.2 Å². The molecule has 0 spiro atoms. The minimum Gasteiger partial charge on any atom is -0.357 e. The van der Waals surface area contributed by atoms with Crippen molar-refractivity contribution in [1.29, 1.82) is 0 Å². The predicted molar refractivity (Wildman–Crippen MR) is 111 cm³/mol. The molecule has 0 aliphatic rings. The summed E-state index contributed by atoms with van der Waals surface area (Å²) in [5, 5.41) is 10.9. The normalized spacial score (nSPS) is 12.4. The van der Waals surface area contributed by atoms with E-state index in [1.165, 1.54) is 5.56 Å². The fourth-order valence-electron chi connectivity index (χ4n) is 2.50. The highest BCUT2D eigenvalue weighted by atomic mass is 127. The Bertz CT molecular complexity index is 609. The predicted octanol–water partition coefficient (Wildman–Crippen LogP) is 3.29. The number of rotatable bonds is 7. The van der Waals surface area contributed by atoms with E-state index < -0.39 is 0 Å². The second-order valence-corrected chi connectivity index (χ2v) is 5.54. The van der Waals surface area contributed by atoms with E-state index in [4.69, 9.17) is 0 Å². The second-order valence-electron chi connectivity index (χ2n) is 5.54. The maximum Gasteiger partial charge on any atom is 0.191 e. The zero-order valence-corrected chi connectivity index (χ0v) is 17.0. The summed E-state index contributed by atoms with van der Waals surface area (Å²) in [4.78, 5) is 4.65. The topological polar surface area (TPSA) is 54.2 Å². The van der Waals surface area contributed by atoms with Gasteiger partial charge in [0.25, 0.3) is 0 Å². The van der Waals surface area contributed by atoms with Crippen molar-refractivity contribution in [2.75, 3.05) is 13.1 Å². The van der Waals surface area contributed by atoms with Gasteiger partial charge >= 0.3 is 0 Å². The van der Waals surface area contributed by atoms with Crippen LogP contribution in [-0.4, -0.2) is 28.8 Å². The summed E-state index contributed by atoms with van der Waals surface area (Å²) < 4.78 is 1.85. The van der Waals surface area contributed by atoms with Crippen LogP contribution in [0.2, 0.25) is 0 Å². The summed E-state index contributed by atoms with van der Waals surface area (Å²) in [6.45, 7) is 6.64. The smallest absolute Gasteiger partial charge is 0.191 e. The lowest BCUT2D eigenvalue weighted by molar-refractivity contribution is 0.628. The highest BCUT2D eigenvalue weighted by Crippen LogP contribution is 2.17. The number of guanidine groups is 1. The molecule has 1 heterocycles. The van der Waals surface area contributed by atoms with E-state index in [-0.39, 0.29) is 24.0 Å². The van der Waals surface area contributed by atoms with Crippen LogP contribution < -0.4 is 10.6 Å². The van der Waals surface area contributed by atoms with Crippen LogP contribution in [0.5, 0.6) is 0 Å². The molecule has 2 rings (SSSR count). The van der Waals surface area contributed by atoms with Gasteiger partial charge in [-0.3, -0.25) is 4.68 Å². The van der Waals surface area contributed by atoms with E-state index in [1.807, 2.05) is 17.8 Å². The van der Waals surface area contributed by atoms with E-state index >= 15 is 0 Å². The number of hydrogen-bond acceptors (Lipinski definition) is 2. The number of aryl methyl sites for hydroxylation is 1.